The van der Waals surface area contributed by atoms with Gasteiger partial charge in [0.15, 0.2) is 0 Å². The first-order valence-corrected chi connectivity index (χ1v) is 7.58. The Balaban J connectivity index is 2.34. The summed E-state index contributed by atoms with van der Waals surface area (Å²) < 4.78 is 0. The first-order valence-electron chi connectivity index (χ1n) is 6.70. The molecule has 18 heavy (non-hydrogen) atoms. The van der Waals surface area contributed by atoms with Crippen LogP contribution in [-0.4, -0.2) is 43.9 Å². The quantitative estimate of drug-likeness (QED) is 0.728. The molecule has 0 saturated carbocycles. The first-order chi connectivity index (χ1) is 8.61. The van der Waals surface area contributed by atoms with E-state index in [0.717, 1.165) is 26.1 Å². The Morgan fingerprint density at radius 1 is 1.17 bits per heavy atom. The van der Waals surface area contributed by atoms with Gasteiger partial charge in [0, 0.05) is 29.8 Å². The fourth-order valence-electron chi connectivity index (χ4n) is 1.74. The molecule has 0 saturated heterocycles. The Labute approximate surface area is 116 Å². The summed E-state index contributed by atoms with van der Waals surface area (Å²) in [6, 6.07) is 9.01. The summed E-state index contributed by atoms with van der Waals surface area (Å²) >= 11 is 1.92. The third-order valence-electron chi connectivity index (χ3n) is 2.82. The Bertz CT molecular complexity index is 322. The van der Waals surface area contributed by atoms with Gasteiger partial charge in [-0.1, -0.05) is 26.0 Å². The van der Waals surface area contributed by atoms with E-state index in [2.05, 4.69) is 55.4 Å². The topological polar surface area (TPSA) is 15.3 Å². The van der Waals surface area contributed by atoms with Crippen LogP contribution in [0.3, 0.4) is 0 Å². The fourth-order valence-corrected chi connectivity index (χ4v) is 2.58. The van der Waals surface area contributed by atoms with Crippen molar-refractivity contribution in [2.45, 2.75) is 30.4 Å². The van der Waals surface area contributed by atoms with E-state index >= 15 is 0 Å². The highest BCUT2D eigenvalue weighted by Gasteiger charge is 2.01. The van der Waals surface area contributed by atoms with Crippen molar-refractivity contribution in [2.75, 3.05) is 33.7 Å². The van der Waals surface area contributed by atoms with Crippen LogP contribution in [0.5, 0.6) is 0 Å². The minimum absolute atomic E-state index is 0.656. The number of nitrogens with zero attached hydrogens (tertiary/aromatic N) is 1. The lowest BCUT2D eigenvalue weighted by Crippen LogP contribution is -2.29. The molecule has 0 aromatic heterocycles. The number of nitrogens with one attached hydrogen (secondary N) is 1. The summed E-state index contributed by atoms with van der Waals surface area (Å²) in [5.41, 5.74) is 1.43. The number of thioether (sulfide) groups is 1. The van der Waals surface area contributed by atoms with E-state index in [1.165, 1.54) is 10.5 Å². The van der Waals surface area contributed by atoms with Gasteiger partial charge in [0.1, 0.15) is 0 Å². The van der Waals surface area contributed by atoms with Gasteiger partial charge in [0.25, 0.3) is 0 Å². The molecule has 0 heterocycles. The highest BCUT2D eigenvalue weighted by molar-refractivity contribution is 7.99. The van der Waals surface area contributed by atoms with Crippen molar-refractivity contribution in [3.8, 4) is 0 Å². The molecule has 0 amide bonds. The van der Waals surface area contributed by atoms with E-state index in [-0.39, 0.29) is 0 Å². The van der Waals surface area contributed by atoms with Crippen molar-refractivity contribution in [3.05, 3.63) is 29.8 Å². The molecule has 0 spiro atoms. The van der Waals surface area contributed by atoms with Gasteiger partial charge in [0.2, 0.25) is 0 Å². The zero-order chi connectivity index (χ0) is 13.4. The van der Waals surface area contributed by atoms with Crippen molar-refractivity contribution >= 4 is 11.8 Å². The molecule has 0 aliphatic rings. The van der Waals surface area contributed by atoms with Crippen LogP contribution in [0.2, 0.25) is 0 Å². The zero-order valence-electron chi connectivity index (χ0n) is 12.1. The van der Waals surface area contributed by atoms with E-state index in [9.17, 15) is 0 Å². The van der Waals surface area contributed by atoms with Gasteiger partial charge in [-0.2, -0.15) is 0 Å². The van der Waals surface area contributed by atoms with E-state index in [4.69, 9.17) is 0 Å². The van der Waals surface area contributed by atoms with Crippen molar-refractivity contribution in [2.24, 2.45) is 0 Å². The molecule has 0 atom stereocenters. The van der Waals surface area contributed by atoms with Crippen LogP contribution < -0.4 is 5.32 Å². The minimum atomic E-state index is 0.656. The van der Waals surface area contributed by atoms with Crippen molar-refractivity contribution in [3.63, 3.8) is 0 Å². The molecule has 0 aliphatic carbocycles. The smallest absolute Gasteiger partial charge is 0.0104 e. The Kier molecular flexibility index (Phi) is 7.40. The average Bonchev–Trinajstić information content (AvgIpc) is 2.35. The predicted molar refractivity (Wildman–Crippen MR) is 82.6 cm³/mol. The Hall–Kier alpha value is -0.510. The zero-order valence-corrected chi connectivity index (χ0v) is 12.9. The van der Waals surface area contributed by atoms with E-state index < -0.39 is 0 Å². The summed E-state index contributed by atoms with van der Waals surface area (Å²) in [5, 5.41) is 3.83. The van der Waals surface area contributed by atoms with Gasteiger partial charge < -0.3 is 10.2 Å². The molecule has 1 rings (SSSR count). The number of rotatable bonds is 8. The highest BCUT2D eigenvalue weighted by atomic mass is 32.2. The van der Waals surface area contributed by atoms with Gasteiger partial charge in [-0.3, -0.25) is 0 Å². The van der Waals surface area contributed by atoms with Crippen LogP contribution >= 0.6 is 11.8 Å². The lowest BCUT2D eigenvalue weighted by atomic mass is 10.1. The molecule has 0 fully saturated rings. The Morgan fingerprint density at radius 2 is 1.83 bits per heavy atom. The standard InChI is InChI=1S/C15H26N2S/c1-13(2)18-15-7-5-14(6-8-15)9-11-17(4)12-10-16-3/h5-8,13,16H,9-12H2,1-4H3. The molecule has 102 valence electrons. The highest BCUT2D eigenvalue weighted by Crippen LogP contribution is 2.22. The maximum absolute atomic E-state index is 3.18. The minimum Gasteiger partial charge on any atom is -0.318 e. The predicted octanol–water partition coefficient (Wildman–Crippen LogP) is 2.88. The van der Waals surface area contributed by atoms with Crippen LogP contribution in [0, 0.1) is 0 Å². The van der Waals surface area contributed by atoms with E-state index in [1.54, 1.807) is 0 Å². The van der Waals surface area contributed by atoms with Crippen LogP contribution in [0.4, 0.5) is 0 Å². The molecule has 3 heteroatoms. The molecule has 0 bridgehead atoms. The second kappa shape index (κ2) is 8.57. The van der Waals surface area contributed by atoms with Crippen LogP contribution in [0.15, 0.2) is 29.2 Å². The molecule has 1 aromatic rings. The van der Waals surface area contributed by atoms with Gasteiger partial charge in [-0.15, -0.1) is 11.8 Å². The SMILES string of the molecule is CNCCN(C)CCc1ccc(SC(C)C)cc1. The van der Waals surface area contributed by atoms with Gasteiger partial charge in [-0.05, 0) is 38.2 Å². The summed E-state index contributed by atoms with van der Waals surface area (Å²) in [4.78, 5) is 3.74. The average molecular weight is 266 g/mol. The number of benzene rings is 1. The van der Waals surface area contributed by atoms with E-state index in [0.29, 0.717) is 5.25 Å². The summed E-state index contributed by atoms with van der Waals surface area (Å²) in [7, 11) is 4.18. The summed E-state index contributed by atoms with van der Waals surface area (Å²) in [5.74, 6) is 0. The number of hydrogen-bond donors (Lipinski definition) is 1. The van der Waals surface area contributed by atoms with Crippen molar-refractivity contribution in [1.29, 1.82) is 0 Å². The lowest BCUT2D eigenvalue weighted by Gasteiger charge is -2.16. The van der Waals surface area contributed by atoms with Crippen LogP contribution in [0.1, 0.15) is 19.4 Å². The number of likely N-dealkylation sites (N-methyl/N-ethyl adjacent to an activating group) is 2. The maximum Gasteiger partial charge on any atom is 0.0104 e. The molecular formula is C15H26N2S. The van der Waals surface area contributed by atoms with Crippen molar-refractivity contribution in [1.82, 2.24) is 10.2 Å². The molecular weight excluding hydrogens is 240 g/mol. The normalized spacial score (nSPS) is 11.4. The fraction of sp³-hybridized carbons (Fsp3) is 0.600. The summed E-state index contributed by atoms with van der Waals surface area (Å²) in [6.45, 7) is 7.75. The molecule has 0 unspecified atom stereocenters. The van der Waals surface area contributed by atoms with Gasteiger partial charge >= 0.3 is 0 Å². The molecule has 1 aromatic carbocycles. The molecule has 0 aliphatic heterocycles. The number of hydrogen-bond acceptors (Lipinski definition) is 3. The summed E-state index contributed by atoms with van der Waals surface area (Å²) in [6.07, 6.45) is 1.13. The molecule has 2 nitrogen and oxygen atoms in total. The Morgan fingerprint density at radius 3 is 2.39 bits per heavy atom. The monoisotopic (exact) mass is 266 g/mol. The third kappa shape index (κ3) is 6.43. The second-order valence-electron chi connectivity index (χ2n) is 4.97. The van der Waals surface area contributed by atoms with Crippen LogP contribution in [0.25, 0.3) is 0 Å². The van der Waals surface area contributed by atoms with E-state index in [1.807, 2.05) is 18.8 Å². The first kappa shape index (κ1) is 15.5. The second-order valence-corrected chi connectivity index (χ2v) is 6.62. The molecule has 0 radical (unpaired) electrons. The largest absolute Gasteiger partial charge is 0.318 e. The van der Waals surface area contributed by atoms with Crippen molar-refractivity contribution < 1.29 is 0 Å². The third-order valence-corrected chi connectivity index (χ3v) is 3.84. The maximum atomic E-state index is 3.18. The van der Waals surface area contributed by atoms with Gasteiger partial charge in [0.05, 0.1) is 0 Å². The van der Waals surface area contributed by atoms with Gasteiger partial charge in [-0.25, -0.2) is 0 Å². The molecule has 1 N–H and O–H groups in total. The lowest BCUT2D eigenvalue weighted by molar-refractivity contribution is 0.339. The van der Waals surface area contributed by atoms with Crippen LogP contribution in [-0.2, 0) is 6.42 Å².